The van der Waals surface area contributed by atoms with Crippen LogP contribution in [0.1, 0.15) is 22.8 Å². The van der Waals surface area contributed by atoms with E-state index in [1.54, 1.807) is 24.3 Å². The Hall–Kier alpha value is -1.06. The van der Waals surface area contributed by atoms with Gasteiger partial charge in [-0.05, 0) is 6.07 Å². The van der Waals surface area contributed by atoms with E-state index >= 15 is 0 Å². The third kappa shape index (κ3) is 3.83. The van der Waals surface area contributed by atoms with Crippen LogP contribution in [0.3, 0.4) is 0 Å². The number of halogens is 1. The van der Waals surface area contributed by atoms with Crippen molar-refractivity contribution in [1.29, 1.82) is 0 Å². The summed E-state index contributed by atoms with van der Waals surface area (Å²) in [7, 11) is 0. The molecular formula is C12H11ClO2S. The van der Waals surface area contributed by atoms with Gasteiger partial charge in [0.25, 0.3) is 0 Å². The summed E-state index contributed by atoms with van der Waals surface area (Å²) in [5, 5.41) is 0.605. The van der Waals surface area contributed by atoms with Crippen LogP contribution in [0.15, 0.2) is 24.3 Å². The first-order chi connectivity index (χ1) is 7.65. The van der Waals surface area contributed by atoms with Crippen LogP contribution in [0.5, 0.6) is 0 Å². The van der Waals surface area contributed by atoms with Crippen molar-refractivity contribution in [2.45, 2.75) is 6.92 Å². The largest absolute Gasteiger partial charge is 0.298 e. The van der Waals surface area contributed by atoms with E-state index in [1.165, 1.54) is 18.7 Å². The van der Waals surface area contributed by atoms with Crippen LogP contribution >= 0.6 is 23.4 Å². The monoisotopic (exact) mass is 254 g/mol. The van der Waals surface area contributed by atoms with Gasteiger partial charge < -0.3 is 0 Å². The first kappa shape index (κ1) is 13.0. The van der Waals surface area contributed by atoms with Crippen LogP contribution in [0.4, 0.5) is 0 Å². The average molecular weight is 255 g/mol. The molecule has 0 unspecified atom stereocenters. The summed E-state index contributed by atoms with van der Waals surface area (Å²) >= 11 is 7.18. The van der Waals surface area contributed by atoms with Gasteiger partial charge in [0.1, 0.15) is 0 Å². The Morgan fingerprint density at radius 2 is 2.25 bits per heavy atom. The zero-order valence-corrected chi connectivity index (χ0v) is 10.3. The number of carbonyl (C=O) groups excluding carboxylic acids is 2. The molecule has 0 aliphatic carbocycles. The highest BCUT2D eigenvalue weighted by atomic mass is 35.5. The molecule has 0 fully saturated rings. The highest BCUT2D eigenvalue weighted by Gasteiger charge is 2.02. The summed E-state index contributed by atoms with van der Waals surface area (Å²) in [6.07, 6.45) is 4.35. The molecule has 0 saturated carbocycles. The normalized spacial score (nSPS) is 10.6. The second-order valence-corrected chi connectivity index (χ2v) is 4.67. The molecule has 1 aromatic rings. The van der Waals surface area contributed by atoms with E-state index in [9.17, 15) is 9.59 Å². The first-order valence-electron chi connectivity index (χ1n) is 4.68. The molecule has 2 nitrogen and oxygen atoms in total. The van der Waals surface area contributed by atoms with Gasteiger partial charge in [-0.1, -0.05) is 47.6 Å². The summed E-state index contributed by atoms with van der Waals surface area (Å²) in [5.74, 6) is 0.582. The van der Waals surface area contributed by atoms with Crippen molar-refractivity contribution in [2.75, 3.05) is 5.75 Å². The number of rotatable bonds is 4. The molecule has 0 heterocycles. The topological polar surface area (TPSA) is 34.1 Å². The summed E-state index contributed by atoms with van der Waals surface area (Å²) < 4.78 is 0. The zero-order chi connectivity index (χ0) is 12.0. The van der Waals surface area contributed by atoms with Gasteiger partial charge in [-0.2, -0.15) is 0 Å². The molecule has 0 radical (unpaired) electrons. The molecule has 0 aromatic heterocycles. The van der Waals surface area contributed by atoms with Gasteiger partial charge >= 0.3 is 0 Å². The van der Waals surface area contributed by atoms with Crippen molar-refractivity contribution in [3.8, 4) is 0 Å². The average Bonchev–Trinajstić information content (AvgIpc) is 2.25. The maximum Gasteiger partial charge on any atom is 0.186 e. The second-order valence-electron chi connectivity index (χ2n) is 3.07. The van der Waals surface area contributed by atoms with Crippen molar-refractivity contribution in [3.05, 3.63) is 40.4 Å². The number of thioether (sulfide) groups is 1. The lowest BCUT2D eigenvalue weighted by molar-refractivity contribution is -0.109. The fraction of sp³-hybridized carbons (Fsp3) is 0.167. The third-order valence-corrected chi connectivity index (χ3v) is 2.98. The van der Waals surface area contributed by atoms with E-state index in [0.717, 1.165) is 6.29 Å². The Balaban J connectivity index is 2.79. The number of aldehydes is 1. The van der Waals surface area contributed by atoms with E-state index in [0.29, 0.717) is 21.9 Å². The minimum absolute atomic E-state index is 0.0689. The Morgan fingerprint density at radius 3 is 2.88 bits per heavy atom. The van der Waals surface area contributed by atoms with Gasteiger partial charge in [0.05, 0.1) is 0 Å². The summed E-state index contributed by atoms with van der Waals surface area (Å²) in [5.41, 5.74) is 1.25. The third-order valence-electron chi connectivity index (χ3n) is 1.88. The van der Waals surface area contributed by atoms with Gasteiger partial charge in [0.2, 0.25) is 0 Å². The van der Waals surface area contributed by atoms with E-state index in [1.807, 2.05) is 6.08 Å². The highest BCUT2D eigenvalue weighted by Crippen LogP contribution is 2.20. The molecule has 0 bridgehead atoms. The van der Waals surface area contributed by atoms with Crippen molar-refractivity contribution >= 4 is 40.8 Å². The molecule has 0 atom stereocenters. The number of benzene rings is 1. The quantitative estimate of drug-likeness (QED) is 0.772. The lowest BCUT2D eigenvalue weighted by Crippen LogP contribution is -1.87. The van der Waals surface area contributed by atoms with Gasteiger partial charge in [-0.3, -0.25) is 9.59 Å². The summed E-state index contributed by atoms with van der Waals surface area (Å²) in [6.45, 7) is 1.52. The van der Waals surface area contributed by atoms with Gasteiger partial charge in [0.15, 0.2) is 11.4 Å². The molecule has 84 valence electrons. The van der Waals surface area contributed by atoms with Gasteiger partial charge in [-0.15, -0.1) is 0 Å². The van der Waals surface area contributed by atoms with E-state index in [2.05, 4.69) is 0 Å². The maximum absolute atomic E-state index is 10.8. The summed E-state index contributed by atoms with van der Waals surface area (Å²) in [6, 6.07) is 5.16. The maximum atomic E-state index is 10.8. The Morgan fingerprint density at radius 1 is 1.50 bits per heavy atom. The first-order valence-corrected chi connectivity index (χ1v) is 6.05. The lowest BCUT2D eigenvalue weighted by atomic mass is 10.1. The number of hydrogen-bond donors (Lipinski definition) is 0. The summed E-state index contributed by atoms with van der Waals surface area (Å²) in [4.78, 5) is 21.5. The lowest BCUT2D eigenvalue weighted by Gasteiger charge is -2.01. The highest BCUT2D eigenvalue weighted by molar-refractivity contribution is 8.13. The van der Waals surface area contributed by atoms with Gasteiger partial charge in [0, 0.05) is 28.8 Å². The van der Waals surface area contributed by atoms with Crippen LogP contribution in [-0.2, 0) is 4.79 Å². The molecule has 0 spiro atoms. The molecule has 0 N–H and O–H groups in total. The molecule has 1 aromatic carbocycles. The van der Waals surface area contributed by atoms with Crippen LogP contribution in [-0.4, -0.2) is 17.2 Å². The smallest absolute Gasteiger partial charge is 0.186 e. The Bertz CT molecular complexity index is 427. The van der Waals surface area contributed by atoms with Crippen LogP contribution in [0, 0.1) is 0 Å². The second kappa shape index (κ2) is 6.51. The molecule has 0 aliphatic heterocycles. The molecule has 4 heteroatoms. The van der Waals surface area contributed by atoms with Crippen molar-refractivity contribution in [3.63, 3.8) is 0 Å². The fourth-order valence-electron chi connectivity index (χ4n) is 1.16. The molecule has 0 saturated heterocycles. The van der Waals surface area contributed by atoms with E-state index in [4.69, 9.17) is 11.6 Å². The zero-order valence-electron chi connectivity index (χ0n) is 8.77. The van der Waals surface area contributed by atoms with Crippen LogP contribution in [0.2, 0.25) is 5.02 Å². The predicted molar refractivity (Wildman–Crippen MR) is 69.0 cm³/mol. The molecule has 16 heavy (non-hydrogen) atoms. The van der Waals surface area contributed by atoms with Crippen molar-refractivity contribution < 1.29 is 9.59 Å². The molecular weight excluding hydrogens is 244 g/mol. The predicted octanol–water partition coefficient (Wildman–Crippen LogP) is 3.45. The standard InChI is InChI=1S/C12H11ClO2S/c1-9(15)16-7-3-5-11-10(8-14)4-2-6-12(11)13/h2-6,8H,7H2,1H3. The van der Waals surface area contributed by atoms with Crippen LogP contribution < -0.4 is 0 Å². The minimum atomic E-state index is 0.0689. The van der Waals surface area contributed by atoms with Crippen molar-refractivity contribution in [1.82, 2.24) is 0 Å². The minimum Gasteiger partial charge on any atom is -0.298 e. The fourth-order valence-corrected chi connectivity index (χ4v) is 1.84. The molecule has 0 amide bonds. The molecule has 0 aliphatic rings. The van der Waals surface area contributed by atoms with E-state index in [-0.39, 0.29) is 5.12 Å². The number of hydrogen-bond acceptors (Lipinski definition) is 3. The Kier molecular flexibility index (Phi) is 5.29. The Labute approximate surface area is 104 Å². The SMILES string of the molecule is CC(=O)SCC=Cc1c(Cl)cccc1C=O. The van der Waals surface area contributed by atoms with Gasteiger partial charge in [-0.25, -0.2) is 0 Å². The van der Waals surface area contributed by atoms with Crippen LogP contribution in [0.25, 0.3) is 6.08 Å². The van der Waals surface area contributed by atoms with Crippen molar-refractivity contribution in [2.24, 2.45) is 0 Å². The molecule has 1 rings (SSSR count). The van der Waals surface area contributed by atoms with E-state index < -0.39 is 0 Å². The number of carbonyl (C=O) groups is 2.